The summed E-state index contributed by atoms with van der Waals surface area (Å²) in [4.78, 5) is 47.7. The number of esters is 4. The highest BCUT2D eigenvalue weighted by atomic mass is 19.4. The van der Waals surface area contributed by atoms with Gasteiger partial charge in [0.2, 0.25) is 0 Å². The van der Waals surface area contributed by atoms with Crippen molar-refractivity contribution in [3.63, 3.8) is 0 Å². The number of benzene rings is 3. The van der Waals surface area contributed by atoms with Gasteiger partial charge in [-0.25, -0.2) is 41.1 Å². The van der Waals surface area contributed by atoms with Crippen molar-refractivity contribution in [2.45, 2.75) is 11.6 Å². The normalized spacial score (nSPS) is 14.9. The van der Waals surface area contributed by atoms with Crippen molar-refractivity contribution in [1.29, 1.82) is 0 Å². The maximum Gasteiger partial charge on any atom is 0.406 e. The lowest BCUT2D eigenvalue weighted by Gasteiger charge is -2.38. The van der Waals surface area contributed by atoms with Crippen LogP contribution in [0.5, 0.6) is 0 Å². The van der Waals surface area contributed by atoms with Gasteiger partial charge >= 0.3 is 30.1 Å². The molecule has 0 aliphatic carbocycles. The molecule has 194 valence electrons. The van der Waals surface area contributed by atoms with E-state index in [1.54, 1.807) is 0 Å². The van der Waals surface area contributed by atoms with Gasteiger partial charge in [-0.15, -0.1) is 0 Å². The highest BCUT2D eigenvalue weighted by Crippen LogP contribution is 2.54. The molecule has 0 atom stereocenters. The van der Waals surface area contributed by atoms with E-state index < -0.39 is 103 Å². The van der Waals surface area contributed by atoms with Crippen LogP contribution in [0.4, 0.5) is 35.1 Å². The van der Waals surface area contributed by atoms with Crippen molar-refractivity contribution < 1.29 is 63.8 Å². The van der Waals surface area contributed by atoms with Crippen LogP contribution in [0.2, 0.25) is 0 Å². The predicted molar refractivity (Wildman–Crippen MR) is 105 cm³/mol. The molecule has 2 heterocycles. The molecular formula is C24H6F8O6. The van der Waals surface area contributed by atoms with E-state index in [1.807, 2.05) is 0 Å². The summed E-state index contributed by atoms with van der Waals surface area (Å²) < 4.78 is 128. The van der Waals surface area contributed by atoms with E-state index in [2.05, 4.69) is 9.47 Å². The van der Waals surface area contributed by atoms with Gasteiger partial charge in [0, 0.05) is 17.7 Å². The van der Waals surface area contributed by atoms with Crippen molar-refractivity contribution in [2.75, 3.05) is 0 Å². The minimum Gasteiger partial charge on any atom is -0.386 e. The van der Waals surface area contributed by atoms with E-state index in [-0.39, 0.29) is 36.4 Å². The first-order valence-corrected chi connectivity index (χ1v) is 10.1. The summed E-state index contributed by atoms with van der Waals surface area (Å²) in [5, 5.41) is 0. The molecule has 6 nitrogen and oxygen atoms in total. The summed E-state index contributed by atoms with van der Waals surface area (Å²) in [5.74, 6) is -15.9. The van der Waals surface area contributed by atoms with Gasteiger partial charge in [-0.1, -0.05) is 0 Å². The molecule has 0 fully saturated rings. The Kier molecular flexibility index (Phi) is 5.23. The molecule has 0 aromatic heterocycles. The molecule has 0 saturated heterocycles. The van der Waals surface area contributed by atoms with Crippen LogP contribution in [0.1, 0.15) is 58.1 Å². The topological polar surface area (TPSA) is 86.7 Å². The van der Waals surface area contributed by atoms with E-state index >= 15 is 22.0 Å². The molecule has 5 rings (SSSR count). The molecule has 3 aromatic carbocycles. The first-order valence-electron chi connectivity index (χ1n) is 10.1. The molecule has 38 heavy (non-hydrogen) atoms. The van der Waals surface area contributed by atoms with E-state index in [1.165, 1.54) is 0 Å². The van der Waals surface area contributed by atoms with Gasteiger partial charge in [0.1, 0.15) is 45.6 Å². The number of hydrogen-bond donors (Lipinski definition) is 0. The average Bonchev–Trinajstić information content (AvgIpc) is 3.24. The minimum absolute atomic E-state index is 0.00300. The van der Waals surface area contributed by atoms with Crippen molar-refractivity contribution in [1.82, 2.24) is 0 Å². The molecular weight excluding hydrogens is 536 g/mol. The summed E-state index contributed by atoms with van der Waals surface area (Å²) in [6.45, 7) is 0. The van der Waals surface area contributed by atoms with Gasteiger partial charge in [-0.05, 0) is 35.4 Å². The molecule has 14 heteroatoms. The summed E-state index contributed by atoms with van der Waals surface area (Å²) >= 11 is 0. The molecule has 0 N–H and O–H groups in total. The van der Waals surface area contributed by atoms with Gasteiger partial charge in [0.05, 0.1) is 11.1 Å². The second-order valence-electron chi connectivity index (χ2n) is 8.11. The van der Waals surface area contributed by atoms with Gasteiger partial charge < -0.3 is 9.47 Å². The summed E-state index contributed by atoms with van der Waals surface area (Å²) in [6.07, 6.45) is -5.95. The molecule has 0 bridgehead atoms. The van der Waals surface area contributed by atoms with Crippen LogP contribution in [0.3, 0.4) is 0 Å². The summed E-state index contributed by atoms with van der Waals surface area (Å²) in [5.41, 5.74) is -13.5. The Morgan fingerprint density at radius 1 is 0.526 bits per heavy atom. The van der Waals surface area contributed by atoms with E-state index in [9.17, 15) is 32.3 Å². The fraction of sp³-hybridized carbons (Fsp3) is 0.0833. The van der Waals surface area contributed by atoms with Crippen LogP contribution in [-0.2, 0) is 14.9 Å². The van der Waals surface area contributed by atoms with E-state index in [0.717, 1.165) is 0 Å². The fourth-order valence-electron chi connectivity index (χ4n) is 4.59. The highest BCUT2D eigenvalue weighted by Gasteiger charge is 2.62. The van der Waals surface area contributed by atoms with Crippen LogP contribution >= 0.6 is 0 Å². The van der Waals surface area contributed by atoms with Crippen LogP contribution in [0.15, 0.2) is 36.4 Å². The third kappa shape index (κ3) is 3.25. The Morgan fingerprint density at radius 3 is 1.29 bits per heavy atom. The first kappa shape index (κ1) is 25.0. The monoisotopic (exact) mass is 542 g/mol. The van der Waals surface area contributed by atoms with Crippen LogP contribution in [-0.4, -0.2) is 30.1 Å². The first-order chi connectivity index (χ1) is 17.7. The maximum absolute atomic E-state index is 15.2. The predicted octanol–water partition coefficient (Wildman–Crippen LogP) is 4.90. The third-order valence-corrected chi connectivity index (χ3v) is 6.07. The average molecular weight is 542 g/mol. The zero-order valence-electron chi connectivity index (χ0n) is 17.9. The van der Waals surface area contributed by atoms with Crippen molar-refractivity contribution >= 4 is 23.9 Å². The molecule has 2 aliphatic rings. The number of rotatable bonds is 3. The van der Waals surface area contributed by atoms with E-state index in [4.69, 9.17) is 0 Å². The number of alkyl halides is 3. The quantitative estimate of drug-likeness (QED) is 0.203. The van der Waals surface area contributed by atoms with Crippen molar-refractivity contribution in [2.24, 2.45) is 0 Å². The second-order valence-corrected chi connectivity index (χ2v) is 8.11. The van der Waals surface area contributed by atoms with Gasteiger partial charge in [0.15, 0.2) is 0 Å². The summed E-state index contributed by atoms with van der Waals surface area (Å²) in [7, 11) is 0. The van der Waals surface area contributed by atoms with Crippen molar-refractivity contribution in [3.8, 4) is 0 Å². The molecule has 2 aliphatic heterocycles. The number of fused-ring (bicyclic) bond motifs is 2. The molecule has 0 radical (unpaired) electrons. The van der Waals surface area contributed by atoms with Gasteiger partial charge in [-0.2, -0.15) is 13.2 Å². The van der Waals surface area contributed by atoms with Gasteiger partial charge in [-0.3, -0.25) is 0 Å². The van der Waals surface area contributed by atoms with Gasteiger partial charge in [0.25, 0.3) is 0 Å². The number of cyclic esters (lactones) is 4. The highest BCUT2D eigenvalue weighted by molar-refractivity contribution is 6.15. The standard InChI is InChI=1S/C24H6F8O6/c25-9-5-14(28)18(15(29)6-9)23(24(30,31)32,7-1-10-16(12(26)3-7)21(35)37-19(10)33)8-2-11-17(13(27)4-8)22(36)38-20(11)34/h1-6H. The second kappa shape index (κ2) is 7.94. The number of carbonyl (C=O) groups is 4. The SMILES string of the molecule is O=C1OC(=O)c2c(F)cc(C(c3cc(F)c4c(c3)C(=O)OC4=O)(c3c(F)cc(F)cc3F)C(F)(F)F)cc21. The lowest BCUT2D eigenvalue weighted by Crippen LogP contribution is -2.46. The van der Waals surface area contributed by atoms with E-state index in [0.29, 0.717) is 0 Å². The third-order valence-electron chi connectivity index (χ3n) is 6.07. The Morgan fingerprint density at radius 2 is 0.921 bits per heavy atom. The fourth-order valence-corrected chi connectivity index (χ4v) is 4.59. The largest absolute Gasteiger partial charge is 0.406 e. The number of ether oxygens (including phenoxy) is 2. The molecule has 0 unspecified atom stereocenters. The molecule has 3 aromatic rings. The lowest BCUT2D eigenvalue weighted by molar-refractivity contribution is -0.168. The molecule has 0 amide bonds. The van der Waals surface area contributed by atoms with Crippen molar-refractivity contribution in [3.05, 3.63) is 104 Å². The summed E-state index contributed by atoms with van der Waals surface area (Å²) in [6, 6.07) is 0.224. The smallest absolute Gasteiger partial charge is 0.386 e. The number of carbonyl (C=O) groups excluding carboxylic acids is 4. The molecule has 0 spiro atoms. The number of halogens is 8. The minimum atomic E-state index is -5.95. The Balaban J connectivity index is 2.00. The maximum atomic E-state index is 15.2. The Bertz CT molecular complexity index is 1540. The Labute approximate surface area is 204 Å². The lowest BCUT2D eigenvalue weighted by atomic mass is 9.67. The van der Waals surface area contributed by atoms with Crippen LogP contribution in [0.25, 0.3) is 0 Å². The number of hydrogen-bond acceptors (Lipinski definition) is 6. The zero-order valence-corrected chi connectivity index (χ0v) is 17.9. The zero-order chi connectivity index (χ0) is 27.9. The van der Waals surface area contributed by atoms with Crippen LogP contribution < -0.4 is 0 Å². The van der Waals surface area contributed by atoms with Crippen LogP contribution in [0, 0.1) is 29.1 Å². The Hall–Kier alpha value is -4.62. The molecule has 0 saturated carbocycles.